The van der Waals surface area contributed by atoms with Crippen molar-refractivity contribution < 1.29 is 53.4 Å². The molecule has 0 saturated heterocycles. The van der Waals surface area contributed by atoms with Gasteiger partial charge in [0.2, 0.25) is 0 Å². The van der Waals surface area contributed by atoms with Crippen LogP contribution in [0.5, 0.6) is 0 Å². The van der Waals surface area contributed by atoms with Crippen molar-refractivity contribution in [1.82, 2.24) is 0 Å². The summed E-state index contributed by atoms with van der Waals surface area (Å²) in [5.74, 6) is -35.4. The van der Waals surface area contributed by atoms with Gasteiger partial charge in [-0.25, -0.2) is 4.39 Å². The largest absolute Gasteiger partial charge is 0.388 e. The summed E-state index contributed by atoms with van der Waals surface area (Å²) >= 11 is 0. The zero-order valence-electron chi connectivity index (χ0n) is 13.2. The Kier molecular flexibility index (Phi) is 4.59. The summed E-state index contributed by atoms with van der Waals surface area (Å²) in [4.78, 5) is 0. The van der Waals surface area contributed by atoms with Gasteiger partial charge in [0, 0.05) is 6.42 Å². The van der Waals surface area contributed by atoms with E-state index in [1.54, 1.807) is 0 Å². The van der Waals surface area contributed by atoms with Crippen LogP contribution in [0.2, 0.25) is 0 Å². The van der Waals surface area contributed by atoms with Gasteiger partial charge in [-0.15, -0.1) is 0 Å². The topological polar surface area (TPSA) is 20.2 Å². The third-order valence-electron chi connectivity index (χ3n) is 4.59. The predicted octanol–water partition coefficient (Wildman–Crippen LogP) is 5.32. The first-order valence-electron chi connectivity index (χ1n) is 7.21. The molecule has 0 radical (unpaired) electrons. The highest BCUT2D eigenvalue weighted by atomic mass is 19.4. The molecule has 0 bridgehead atoms. The van der Waals surface area contributed by atoms with Crippen LogP contribution < -0.4 is 0 Å². The average Bonchev–Trinajstić information content (AvgIpc) is 2.53. The molecule has 1 aromatic carbocycles. The van der Waals surface area contributed by atoms with Gasteiger partial charge >= 0.3 is 29.6 Å². The van der Waals surface area contributed by atoms with Gasteiger partial charge in [-0.1, -0.05) is 24.3 Å². The minimum atomic E-state index is -7.25. The summed E-state index contributed by atoms with van der Waals surface area (Å²) in [5, 5.41) is 9.77. The van der Waals surface area contributed by atoms with Gasteiger partial charge in [-0.05, 0) is 18.1 Å². The highest BCUT2D eigenvalue weighted by Gasteiger charge is 3.00. The van der Waals surface area contributed by atoms with Crippen molar-refractivity contribution in [3.05, 3.63) is 35.4 Å². The van der Waals surface area contributed by atoms with E-state index < -0.39 is 53.4 Å². The van der Waals surface area contributed by atoms with Crippen LogP contribution in [-0.4, -0.2) is 40.4 Å². The second kappa shape index (κ2) is 5.71. The number of benzene rings is 1. The minimum absolute atomic E-state index is 0.0000997. The first-order chi connectivity index (χ1) is 11.9. The van der Waals surface area contributed by atoms with Crippen molar-refractivity contribution in [2.24, 2.45) is 0 Å². The molecule has 1 atom stereocenters. The lowest BCUT2D eigenvalue weighted by Crippen LogP contribution is -2.83. The second-order valence-corrected chi connectivity index (χ2v) is 6.25. The molecule has 1 N–H and O–H groups in total. The van der Waals surface area contributed by atoms with E-state index in [1.807, 2.05) is 0 Å². The average molecular weight is 416 g/mol. The monoisotopic (exact) mass is 416 g/mol. The first kappa shape index (κ1) is 21.7. The summed E-state index contributed by atoms with van der Waals surface area (Å²) in [5.41, 5.74) is -6.69. The fraction of sp³-hybridized carbons (Fsp3) is 0.600. The molecule has 0 amide bonds. The zero-order chi connectivity index (χ0) is 21.3. The lowest BCUT2D eigenvalue weighted by atomic mass is 9.69. The number of aryl methyl sites for hydroxylation is 1. The van der Waals surface area contributed by atoms with E-state index in [-0.39, 0.29) is 5.56 Å². The van der Waals surface area contributed by atoms with Crippen LogP contribution in [0.15, 0.2) is 24.3 Å². The highest BCUT2D eigenvalue weighted by Crippen LogP contribution is 2.70. The lowest BCUT2D eigenvalue weighted by molar-refractivity contribution is -0.487. The van der Waals surface area contributed by atoms with Crippen molar-refractivity contribution in [3.63, 3.8) is 0 Å². The van der Waals surface area contributed by atoms with Crippen molar-refractivity contribution in [2.75, 3.05) is 0 Å². The Bertz CT molecular complexity index is 698. The maximum Gasteiger partial charge on any atom is 0.384 e. The number of alkyl halides is 11. The molecule has 0 heterocycles. The fourth-order valence-electron chi connectivity index (χ4n) is 2.88. The zero-order valence-corrected chi connectivity index (χ0v) is 13.2. The van der Waals surface area contributed by atoms with Crippen LogP contribution in [0.3, 0.4) is 0 Å². The van der Waals surface area contributed by atoms with Gasteiger partial charge in [-0.2, -0.15) is 43.9 Å². The van der Waals surface area contributed by atoms with E-state index in [2.05, 4.69) is 0 Å². The molecule has 0 spiro atoms. The normalized spacial score (nSPS) is 27.7. The molecule has 1 aliphatic carbocycles. The third-order valence-corrected chi connectivity index (χ3v) is 4.59. The van der Waals surface area contributed by atoms with E-state index in [1.165, 1.54) is 19.1 Å². The molecule has 1 fully saturated rings. The van der Waals surface area contributed by atoms with Crippen molar-refractivity contribution >= 4 is 0 Å². The van der Waals surface area contributed by atoms with Crippen LogP contribution in [0.1, 0.15) is 23.7 Å². The van der Waals surface area contributed by atoms with Crippen LogP contribution in [0, 0.1) is 6.92 Å². The van der Waals surface area contributed by atoms with Gasteiger partial charge in [0.15, 0.2) is 0 Å². The molecule has 1 aliphatic rings. The Labute approximate surface area is 144 Å². The van der Waals surface area contributed by atoms with Crippen LogP contribution >= 0.6 is 0 Å². The maximum absolute atomic E-state index is 14.6. The van der Waals surface area contributed by atoms with Gasteiger partial charge in [-0.3, -0.25) is 0 Å². The van der Waals surface area contributed by atoms with Crippen molar-refractivity contribution in [2.45, 2.75) is 54.7 Å². The van der Waals surface area contributed by atoms with Crippen LogP contribution in [0.4, 0.5) is 48.3 Å². The quantitative estimate of drug-likeness (QED) is 0.662. The number of halogens is 11. The molecule has 1 nitrogen and oxygen atoms in total. The molecule has 0 aromatic heterocycles. The Hall–Kier alpha value is -1.59. The molecule has 12 heteroatoms. The summed E-state index contributed by atoms with van der Waals surface area (Å²) in [6.07, 6.45) is -5.37. The molecule has 27 heavy (non-hydrogen) atoms. The molecule has 0 aliphatic heterocycles. The van der Waals surface area contributed by atoms with Gasteiger partial charge in [0.25, 0.3) is 5.67 Å². The number of aliphatic hydroxyl groups excluding tert-OH is 1. The first-order valence-corrected chi connectivity index (χ1v) is 7.21. The number of aliphatic hydroxyl groups is 1. The van der Waals surface area contributed by atoms with E-state index in [0.29, 0.717) is 0 Å². The third kappa shape index (κ3) is 2.34. The molecule has 2 rings (SSSR count). The summed E-state index contributed by atoms with van der Waals surface area (Å²) in [6.45, 7) is 1.19. The number of hydrogen-bond acceptors (Lipinski definition) is 1. The summed E-state index contributed by atoms with van der Waals surface area (Å²) in [6, 6.07) is 4.56. The smallest absolute Gasteiger partial charge is 0.384 e. The van der Waals surface area contributed by atoms with Crippen molar-refractivity contribution in [1.29, 1.82) is 0 Å². The van der Waals surface area contributed by atoms with E-state index >= 15 is 0 Å². The number of hydrogen-bond donors (Lipinski definition) is 1. The molecule has 1 saturated carbocycles. The molecule has 154 valence electrons. The van der Waals surface area contributed by atoms with E-state index in [0.717, 1.165) is 12.1 Å². The Morgan fingerprint density at radius 1 is 0.704 bits per heavy atom. The highest BCUT2D eigenvalue weighted by molar-refractivity contribution is 5.31. The van der Waals surface area contributed by atoms with E-state index in [4.69, 9.17) is 0 Å². The predicted molar refractivity (Wildman–Crippen MR) is 69.3 cm³/mol. The van der Waals surface area contributed by atoms with Gasteiger partial charge < -0.3 is 5.11 Å². The van der Waals surface area contributed by atoms with Gasteiger partial charge in [0.1, 0.15) is 0 Å². The summed E-state index contributed by atoms with van der Waals surface area (Å²) in [7, 11) is 0. The standard InChI is InChI=1S/C15H11F11O/c1-7-4-2-3-5-8(7)9(27)6-10(16)11(17,18)13(21,22)15(25,26)14(23,24)12(10,19)20/h2-5,9,27H,6H2,1H3. The number of rotatable bonds is 3. The molecule has 1 aromatic rings. The fourth-order valence-corrected chi connectivity index (χ4v) is 2.88. The Morgan fingerprint density at radius 2 is 1.07 bits per heavy atom. The van der Waals surface area contributed by atoms with Crippen LogP contribution in [-0.2, 0) is 0 Å². The van der Waals surface area contributed by atoms with Crippen LogP contribution in [0.25, 0.3) is 0 Å². The van der Waals surface area contributed by atoms with Gasteiger partial charge in [0.05, 0.1) is 6.10 Å². The second-order valence-electron chi connectivity index (χ2n) is 6.25. The summed E-state index contributed by atoms with van der Waals surface area (Å²) < 4.78 is 150. The Morgan fingerprint density at radius 3 is 1.48 bits per heavy atom. The Balaban J connectivity index is 2.66. The minimum Gasteiger partial charge on any atom is -0.388 e. The molecular weight excluding hydrogens is 405 g/mol. The molecular formula is C15H11F11O. The maximum atomic E-state index is 14.6. The molecule has 1 unspecified atom stereocenters. The SMILES string of the molecule is Cc1ccccc1C(O)CC1(F)C(F)(F)C(F)(F)C(F)(F)C(F)(F)C1(F)F. The van der Waals surface area contributed by atoms with Crippen molar-refractivity contribution in [3.8, 4) is 0 Å². The van der Waals surface area contributed by atoms with E-state index in [9.17, 15) is 53.4 Å². The lowest BCUT2D eigenvalue weighted by Gasteiger charge is -2.53.